The largest absolute Gasteiger partial charge is 0.355 e. The summed E-state index contributed by atoms with van der Waals surface area (Å²) in [6.45, 7) is 4.62. The molecule has 1 amide bonds. The summed E-state index contributed by atoms with van der Waals surface area (Å²) >= 11 is 0. The summed E-state index contributed by atoms with van der Waals surface area (Å²) in [6.07, 6.45) is 3.69. The molecule has 25 heavy (non-hydrogen) atoms. The summed E-state index contributed by atoms with van der Waals surface area (Å²) in [5, 5.41) is 3.92. The first kappa shape index (κ1) is 16.3. The van der Waals surface area contributed by atoms with E-state index < -0.39 is 0 Å². The van der Waals surface area contributed by atoms with Gasteiger partial charge in [0.2, 0.25) is 0 Å². The molecule has 1 saturated heterocycles. The van der Waals surface area contributed by atoms with E-state index in [-0.39, 0.29) is 11.7 Å². The van der Waals surface area contributed by atoms with Gasteiger partial charge in [0.1, 0.15) is 5.82 Å². The number of carbonyl (C=O) groups is 1. The molecule has 0 bridgehead atoms. The van der Waals surface area contributed by atoms with Crippen LogP contribution in [0, 0.1) is 11.7 Å². The Morgan fingerprint density at radius 3 is 2.72 bits per heavy atom. The SMILES string of the molecule is O=C(c1cc(-c2ccc(F)cc2)on1)N1CCCN(CC2CC2)CC1. The van der Waals surface area contributed by atoms with Gasteiger partial charge in [0, 0.05) is 37.8 Å². The number of rotatable bonds is 4. The van der Waals surface area contributed by atoms with E-state index in [4.69, 9.17) is 4.52 Å². The number of hydrogen-bond acceptors (Lipinski definition) is 4. The fourth-order valence-corrected chi connectivity index (χ4v) is 3.31. The number of amides is 1. The first-order valence-corrected chi connectivity index (χ1v) is 8.93. The van der Waals surface area contributed by atoms with E-state index in [0.717, 1.165) is 38.5 Å². The smallest absolute Gasteiger partial charge is 0.276 e. The van der Waals surface area contributed by atoms with Gasteiger partial charge in [0.15, 0.2) is 11.5 Å². The van der Waals surface area contributed by atoms with Crippen molar-refractivity contribution in [3.63, 3.8) is 0 Å². The second-order valence-electron chi connectivity index (χ2n) is 6.97. The van der Waals surface area contributed by atoms with Crippen molar-refractivity contribution in [2.75, 3.05) is 32.7 Å². The van der Waals surface area contributed by atoms with E-state index in [9.17, 15) is 9.18 Å². The van der Waals surface area contributed by atoms with Crippen LogP contribution in [0.1, 0.15) is 29.8 Å². The van der Waals surface area contributed by atoms with Crippen LogP contribution in [0.25, 0.3) is 11.3 Å². The van der Waals surface area contributed by atoms with Crippen molar-refractivity contribution in [2.24, 2.45) is 5.92 Å². The van der Waals surface area contributed by atoms with Crippen molar-refractivity contribution in [2.45, 2.75) is 19.3 Å². The van der Waals surface area contributed by atoms with Crippen molar-refractivity contribution in [3.05, 3.63) is 41.8 Å². The lowest BCUT2D eigenvalue weighted by atomic mass is 10.1. The summed E-state index contributed by atoms with van der Waals surface area (Å²) in [5.74, 6) is 0.954. The number of hydrogen-bond donors (Lipinski definition) is 0. The minimum atomic E-state index is -0.306. The first-order valence-electron chi connectivity index (χ1n) is 8.93. The molecule has 0 unspecified atom stereocenters. The Labute approximate surface area is 146 Å². The van der Waals surface area contributed by atoms with Gasteiger partial charge < -0.3 is 14.3 Å². The zero-order valence-corrected chi connectivity index (χ0v) is 14.2. The molecule has 0 radical (unpaired) electrons. The van der Waals surface area contributed by atoms with Gasteiger partial charge in [-0.3, -0.25) is 4.79 Å². The number of halogens is 1. The van der Waals surface area contributed by atoms with E-state index in [1.165, 1.54) is 31.5 Å². The average Bonchev–Trinajstić information content (AvgIpc) is 3.35. The monoisotopic (exact) mass is 343 g/mol. The third-order valence-corrected chi connectivity index (χ3v) is 4.95. The van der Waals surface area contributed by atoms with Crippen molar-refractivity contribution in [1.82, 2.24) is 15.0 Å². The van der Waals surface area contributed by atoms with Crippen LogP contribution in [0.5, 0.6) is 0 Å². The van der Waals surface area contributed by atoms with Crippen LogP contribution in [-0.2, 0) is 0 Å². The number of aromatic nitrogens is 1. The molecule has 132 valence electrons. The van der Waals surface area contributed by atoms with Crippen molar-refractivity contribution in [1.29, 1.82) is 0 Å². The topological polar surface area (TPSA) is 49.6 Å². The highest BCUT2D eigenvalue weighted by molar-refractivity contribution is 5.93. The second kappa shape index (κ2) is 6.96. The summed E-state index contributed by atoms with van der Waals surface area (Å²) in [6, 6.07) is 7.60. The van der Waals surface area contributed by atoms with Crippen LogP contribution in [0.3, 0.4) is 0 Å². The molecule has 4 rings (SSSR count). The maximum atomic E-state index is 13.0. The van der Waals surface area contributed by atoms with Gasteiger partial charge in [-0.25, -0.2) is 4.39 Å². The number of nitrogens with zero attached hydrogens (tertiary/aromatic N) is 3. The average molecular weight is 343 g/mol. The molecule has 2 aliphatic rings. The van der Waals surface area contributed by atoms with Gasteiger partial charge in [0.25, 0.3) is 5.91 Å². The van der Waals surface area contributed by atoms with Crippen LogP contribution in [-0.4, -0.2) is 53.6 Å². The van der Waals surface area contributed by atoms with Crippen molar-refractivity contribution in [3.8, 4) is 11.3 Å². The third-order valence-electron chi connectivity index (χ3n) is 4.95. The molecule has 1 aromatic carbocycles. The van der Waals surface area contributed by atoms with Crippen LogP contribution in [0.2, 0.25) is 0 Å². The van der Waals surface area contributed by atoms with E-state index in [2.05, 4.69) is 10.1 Å². The molecular formula is C19H22FN3O2. The maximum absolute atomic E-state index is 13.0. The fourth-order valence-electron chi connectivity index (χ4n) is 3.31. The van der Waals surface area contributed by atoms with Crippen LogP contribution < -0.4 is 0 Å². The molecule has 5 nitrogen and oxygen atoms in total. The molecule has 1 aromatic heterocycles. The maximum Gasteiger partial charge on any atom is 0.276 e. The van der Waals surface area contributed by atoms with E-state index in [1.807, 2.05) is 4.90 Å². The molecular weight excluding hydrogens is 321 g/mol. The summed E-state index contributed by atoms with van der Waals surface area (Å²) in [7, 11) is 0. The molecule has 2 aromatic rings. The molecule has 1 aliphatic heterocycles. The molecule has 6 heteroatoms. The quantitative estimate of drug-likeness (QED) is 0.856. The Bertz CT molecular complexity index is 739. The van der Waals surface area contributed by atoms with Gasteiger partial charge in [-0.1, -0.05) is 5.16 Å². The third kappa shape index (κ3) is 3.90. The van der Waals surface area contributed by atoms with Crippen molar-refractivity contribution >= 4 is 5.91 Å². The van der Waals surface area contributed by atoms with Gasteiger partial charge in [-0.2, -0.15) is 0 Å². The van der Waals surface area contributed by atoms with Crippen LogP contribution >= 0.6 is 0 Å². The fraction of sp³-hybridized carbons (Fsp3) is 0.474. The van der Waals surface area contributed by atoms with Gasteiger partial charge in [-0.15, -0.1) is 0 Å². The highest BCUT2D eigenvalue weighted by Crippen LogP contribution is 2.30. The van der Waals surface area contributed by atoms with E-state index in [1.54, 1.807) is 18.2 Å². The second-order valence-corrected chi connectivity index (χ2v) is 6.97. The first-order chi connectivity index (χ1) is 12.2. The predicted octanol–water partition coefficient (Wildman–Crippen LogP) is 3.04. The zero-order valence-electron chi connectivity index (χ0n) is 14.2. The van der Waals surface area contributed by atoms with Gasteiger partial charge in [0.05, 0.1) is 0 Å². The standard InChI is InChI=1S/C19H22FN3O2/c20-16-6-4-15(5-7-16)18-12-17(21-25-18)19(24)23-9-1-8-22(10-11-23)13-14-2-3-14/h4-7,12,14H,1-3,8-11,13H2. The normalized spacial score (nSPS) is 19.0. The molecule has 2 heterocycles. The predicted molar refractivity (Wildman–Crippen MR) is 91.6 cm³/mol. The van der Waals surface area contributed by atoms with E-state index in [0.29, 0.717) is 17.0 Å². The van der Waals surface area contributed by atoms with Gasteiger partial charge >= 0.3 is 0 Å². The molecule has 2 fully saturated rings. The molecule has 0 N–H and O–H groups in total. The molecule has 0 atom stereocenters. The Morgan fingerprint density at radius 1 is 1.16 bits per heavy atom. The molecule has 0 spiro atoms. The Morgan fingerprint density at radius 2 is 1.96 bits per heavy atom. The lowest BCUT2D eigenvalue weighted by Gasteiger charge is -2.21. The summed E-state index contributed by atoms with van der Waals surface area (Å²) < 4.78 is 18.3. The lowest BCUT2D eigenvalue weighted by Crippen LogP contribution is -2.35. The van der Waals surface area contributed by atoms with Crippen molar-refractivity contribution < 1.29 is 13.7 Å². The number of carbonyl (C=O) groups excluding carboxylic acids is 1. The summed E-state index contributed by atoms with van der Waals surface area (Å²) in [4.78, 5) is 17.0. The summed E-state index contributed by atoms with van der Waals surface area (Å²) in [5.41, 5.74) is 1.02. The van der Waals surface area contributed by atoms with E-state index >= 15 is 0 Å². The highest BCUT2D eigenvalue weighted by atomic mass is 19.1. The highest BCUT2D eigenvalue weighted by Gasteiger charge is 2.27. The van der Waals surface area contributed by atoms with Crippen LogP contribution in [0.4, 0.5) is 4.39 Å². The lowest BCUT2D eigenvalue weighted by molar-refractivity contribution is 0.0751. The Balaban J connectivity index is 1.41. The zero-order chi connectivity index (χ0) is 17.2. The van der Waals surface area contributed by atoms with Crippen LogP contribution in [0.15, 0.2) is 34.9 Å². The minimum Gasteiger partial charge on any atom is -0.355 e. The Hall–Kier alpha value is -2.21. The Kier molecular flexibility index (Phi) is 4.53. The number of benzene rings is 1. The molecule has 1 aliphatic carbocycles. The molecule has 1 saturated carbocycles. The van der Waals surface area contributed by atoms with Gasteiger partial charge in [-0.05, 0) is 56.0 Å². The minimum absolute atomic E-state index is 0.0922.